The maximum Gasteiger partial charge on any atom is 0.316 e. The third kappa shape index (κ3) is 4.46. The lowest BCUT2D eigenvalue weighted by atomic mass is 9.91. The Bertz CT molecular complexity index is 256. The summed E-state index contributed by atoms with van der Waals surface area (Å²) in [6, 6.07) is 0. The van der Waals surface area contributed by atoms with Crippen LogP contribution in [0.5, 0.6) is 0 Å². The molecule has 98 valence electrons. The Morgan fingerprint density at radius 1 is 1.41 bits per heavy atom. The second kappa shape index (κ2) is 7.43. The fourth-order valence-corrected chi connectivity index (χ4v) is 2.11. The highest BCUT2D eigenvalue weighted by Gasteiger charge is 2.29. The van der Waals surface area contributed by atoms with Crippen LogP contribution >= 0.6 is 0 Å². The number of hydrogen-bond acceptors (Lipinski definition) is 4. The molecule has 0 aromatic rings. The van der Waals surface area contributed by atoms with Crippen molar-refractivity contribution in [2.45, 2.75) is 39.5 Å². The standard InChI is InChI=1S/C13H22O4/c1-3-5-11(13(15)17-4-2)12(14)8-10-6-7-16-9-10/h10-11H,3-9H2,1-2H3. The summed E-state index contributed by atoms with van der Waals surface area (Å²) in [5.41, 5.74) is 0. The van der Waals surface area contributed by atoms with Crippen LogP contribution in [0, 0.1) is 11.8 Å². The molecule has 4 nitrogen and oxygen atoms in total. The minimum absolute atomic E-state index is 0.0146. The van der Waals surface area contributed by atoms with Crippen LogP contribution in [0.2, 0.25) is 0 Å². The zero-order valence-corrected chi connectivity index (χ0v) is 10.7. The molecule has 0 aromatic heterocycles. The second-order valence-corrected chi connectivity index (χ2v) is 4.49. The van der Waals surface area contributed by atoms with Gasteiger partial charge in [-0.1, -0.05) is 13.3 Å². The fraction of sp³-hybridized carbons (Fsp3) is 0.846. The molecule has 4 heteroatoms. The highest BCUT2D eigenvalue weighted by atomic mass is 16.5. The second-order valence-electron chi connectivity index (χ2n) is 4.49. The van der Waals surface area contributed by atoms with Gasteiger partial charge in [0.15, 0.2) is 0 Å². The smallest absolute Gasteiger partial charge is 0.316 e. The van der Waals surface area contributed by atoms with Crippen LogP contribution in [0.25, 0.3) is 0 Å². The number of esters is 1. The first-order valence-electron chi connectivity index (χ1n) is 6.46. The zero-order chi connectivity index (χ0) is 12.7. The molecule has 1 fully saturated rings. The topological polar surface area (TPSA) is 52.6 Å². The molecule has 0 saturated carbocycles. The maximum absolute atomic E-state index is 12.0. The van der Waals surface area contributed by atoms with Gasteiger partial charge in [-0.15, -0.1) is 0 Å². The first-order chi connectivity index (χ1) is 8.19. The number of ether oxygens (including phenoxy) is 2. The van der Waals surface area contributed by atoms with Crippen molar-refractivity contribution in [2.75, 3.05) is 19.8 Å². The summed E-state index contributed by atoms with van der Waals surface area (Å²) in [6.07, 6.45) is 2.78. The summed E-state index contributed by atoms with van der Waals surface area (Å²) in [5, 5.41) is 0. The van der Waals surface area contributed by atoms with E-state index in [2.05, 4.69) is 0 Å². The molecular formula is C13H22O4. The van der Waals surface area contributed by atoms with Gasteiger partial charge in [-0.05, 0) is 25.7 Å². The molecule has 0 radical (unpaired) electrons. The Hall–Kier alpha value is -0.900. The number of ketones is 1. The molecule has 1 saturated heterocycles. The van der Waals surface area contributed by atoms with Crippen molar-refractivity contribution in [1.82, 2.24) is 0 Å². The number of hydrogen-bond donors (Lipinski definition) is 0. The van der Waals surface area contributed by atoms with E-state index in [-0.39, 0.29) is 17.7 Å². The van der Waals surface area contributed by atoms with Gasteiger partial charge in [-0.3, -0.25) is 9.59 Å². The number of carbonyl (C=O) groups excluding carboxylic acids is 2. The number of carbonyl (C=O) groups is 2. The number of Topliss-reactive ketones (excluding diaryl/α,β-unsaturated/α-hetero) is 1. The fourth-order valence-electron chi connectivity index (χ4n) is 2.11. The third-order valence-corrected chi connectivity index (χ3v) is 3.05. The van der Waals surface area contributed by atoms with E-state index < -0.39 is 5.92 Å². The summed E-state index contributed by atoms with van der Waals surface area (Å²) in [6.45, 7) is 5.44. The zero-order valence-electron chi connectivity index (χ0n) is 10.7. The Kier molecular flexibility index (Phi) is 6.19. The predicted octanol–water partition coefficient (Wildman–Crippen LogP) is 1.96. The van der Waals surface area contributed by atoms with Crippen molar-refractivity contribution < 1.29 is 19.1 Å². The van der Waals surface area contributed by atoms with Crippen LogP contribution in [0.3, 0.4) is 0 Å². The highest BCUT2D eigenvalue weighted by molar-refractivity contribution is 5.99. The van der Waals surface area contributed by atoms with Crippen LogP contribution in [0.15, 0.2) is 0 Å². The molecule has 2 unspecified atom stereocenters. The lowest BCUT2D eigenvalue weighted by molar-refractivity contribution is -0.152. The quantitative estimate of drug-likeness (QED) is 0.506. The Labute approximate surface area is 103 Å². The van der Waals surface area contributed by atoms with Crippen molar-refractivity contribution in [3.05, 3.63) is 0 Å². The van der Waals surface area contributed by atoms with Crippen LogP contribution in [-0.4, -0.2) is 31.6 Å². The lowest BCUT2D eigenvalue weighted by Gasteiger charge is -2.15. The predicted molar refractivity (Wildman–Crippen MR) is 63.6 cm³/mol. The molecular weight excluding hydrogens is 220 g/mol. The van der Waals surface area contributed by atoms with Gasteiger partial charge < -0.3 is 9.47 Å². The van der Waals surface area contributed by atoms with E-state index in [1.54, 1.807) is 6.92 Å². The van der Waals surface area contributed by atoms with Gasteiger partial charge in [-0.25, -0.2) is 0 Å². The van der Waals surface area contributed by atoms with Crippen molar-refractivity contribution >= 4 is 11.8 Å². The van der Waals surface area contributed by atoms with Gasteiger partial charge in [0.1, 0.15) is 11.7 Å². The van der Waals surface area contributed by atoms with Gasteiger partial charge in [0, 0.05) is 19.6 Å². The van der Waals surface area contributed by atoms with E-state index >= 15 is 0 Å². The molecule has 0 spiro atoms. The lowest BCUT2D eigenvalue weighted by Crippen LogP contribution is -2.27. The summed E-state index contributed by atoms with van der Waals surface area (Å²) in [5.74, 6) is -0.629. The van der Waals surface area contributed by atoms with Gasteiger partial charge in [0.2, 0.25) is 0 Å². The third-order valence-electron chi connectivity index (χ3n) is 3.05. The van der Waals surface area contributed by atoms with E-state index in [0.717, 1.165) is 19.4 Å². The molecule has 0 aliphatic carbocycles. The molecule has 0 bridgehead atoms. The minimum atomic E-state index is -0.569. The molecule has 1 aliphatic heterocycles. The SMILES string of the molecule is CCCC(C(=O)CC1CCOC1)C(=O)OCC. The van der Waals surface area contributed by atoms with Crippen LogP contribution in [-0.2, 0) is 19.1 Å². The molecule has 0 aromatic carbocycles. The highest BCUT2D eigenvalue weighted by Crippen LogP contribution is 2.21. The van der Waals surface area contributed by atoms with Gasteiger partial charge >= 0.3 is 5.97 Å². The van der Waals surface area contributed by atoms with E-state index in [4.69, 9.17) is 9.47 Å². The minimum Gasteiger partial charge on any atom is -0.465 e. The first-order valence-corrected chi connectivity index (χ1v) is 6.46. The molecule has 1 aliphatic rings. The monoisotopic (exact) mass is 242 g/mol. The van der Waals surface area contributed by atoms with Gasteiger partial charge in [0.05, 0.1) is 6.61 Å². The summed E-state index contributed by atoms with van der Waals surface area (Å²) in [7, 11) is 0. The van der Waals surface area contributed by atoms with Crippen LogP contribution in [0.4, 0.5) is 0 Å². The average molecular weight is 242 g/mol. The normalized spacial score (nSPS) is 21.2. The Morgan fingerprint density at radius 3 is 2.71 bits per heavy atom. The van der Waals surface area contributed by atoms with Crippen LogP contribution < -0.4 is 0 Å². The van der Waals surface area contributed by atoms with Gasteiger partial charge in [-0.2, -0.15) is 0 Å². The Morgan fingerprint density at radius 2 is 2.18 bits per heavy atom. The molecule has 0 amide bonds. The largest absolute Gasteiger partial charge is 0.465 e. The van der Waals surface area contributed by atoms with Crippen molar-refractivity contribution in [1.29, 1.82) is 0 Å². The van der Waals surface area contributed by atoms with E-state index in [1.807, 2.05) is 6.92 Å². The maximum atomic E-state index is 12.0. The van der Waals surface area contributed by atoms with E-state index in [0.29, 0.717) is 26.1 Å². The molecule has 0 N–H and O–H groups in total. The van der Waals surface area contributed by atoms with Gasteiger partial charge in [0.25, 0.3) is 0 Å². The van der Waals surface area contributed by atoms with Crippen LogP contribution in [0.1, 0.15) is 39.5 Å². The molecule has 1 rings (SSSR count). The first kappa shape index (κ1) is 14.2. The number of rotatable bonds is 7. The molecule has 2 atom stereocenters. The summed E-state index contributed by atoms with van der Waals surface area (Å²) >= 11 is 0. The van der Waals surface area contributed by atoms with Crippen molar-refractivity contribution in [2.24, 2.45) is 11.8 Å². The summed E-state index contributed by atoms with van der Waals surface area (Å²) < 4.78 is 10.2. The van der Waals surface area contributed by atoms with E-state index in [9.17, 15) is 9.59 Å². The van der Waals surface area contributed by atoms with Crippen molar-refractivity contribution in [3.8, 4) is 0 Å². The molecule has 1 heterocycles. The average Bonchev–Trinajstić information content (AvgIpc) is 2.78. The Balaban J connectivity index is 2.49. The summed E-state index contributed by atoms with van der Waals surface area (Å²) in [4.78, 5) is 23.7. The van der Waals surface area contributed by atoms with E-state index in [1.165, 1.54) is 0 Å². The molecule has 17 heavy (non-hydrogen) atoms. The van der Waals surface area contributed by atoms with Crippen molar-refractivity contribution in [3.63, 3.8) is 0 Å².